The normalized spacial score (nSPS) is 10.6. The Hall–Kier alpha value is -3.81. The lowest BCUT2D eigenvalue weighted by Gasteiger charge is -2.12. The first-order valence-electron chi connectivity index (χ1n) is 8.13. The smallest absolute Gasteiger partial charge is 0.354 e. The number of aromatic nitrogens is 2. The second-order valence-electron chi connectivity index (χ2n) is 6.02. The van der Waals surface area contributed by atoms with E-state index in [1.54, 1.807) is 42.2 Å². The van der Waals surface area contributed by atoms with Crippen LogP contribution in [0.25, 0.3) is 11.3 Å². The first kappa shape index (κ1) is 18.0. The second-order valence-corrected chi connectivity index (χ2v) is 6.02. The predicted molar refractivity (Wildman–Crippen MR) is 103 cm³/mol. The quantitative estimate of drug-likeness (QED) is 0.336. The number of aliphatic carboxylic acids is 1. The number of hydrogen-bond acceptors (Lipinski definition) is 6. The minimum Gasteiger partial charge on any atom is -0.507 e. The molecule has 0 aliphatic heterocycles. The van der Waals surface area contributed by atoms with Crippen molar-refractivity contribution in [3.63, 3.8) is 0 Å². The van der Waals surface area contributed by atoms with Gasteiger partial charge in [0.1, 0.15) is 11.5 Å². The van der Waals surface area contributed by atoms with Crippen molar-refractivity contribution in [1.29, 1.82) is 5.41 Å². The van der Waals surface area contributed by atoms with Crippen LogP contribution in [-0.2, 0) is 18.4 Å². The summed E-state index contributed by atoms with van der Waals surface area (Å²) in [5, 5.41) is 34.6. The molecule has 1 heterocycles. The summed E-state index contributed by atoms with van der Waals surface area (Å²) in [6.45, 7) is 0.302. The molecule has 0 atom stereocenters. The van der Waals surface area contributed by atoms with Crippen molar-refractivity contribution in [3.8, 4) is 17.0 Å². The number of carbonyl (C=O) groups is 1. The Morgan fingerprint density at radius 2 is 2.07 bits per heavy atom. The van der Waals surface area contributed by atoms with Crippen LogP contribution < -0.4 is 11.1 Å². The predicted octanol–water partition coefficient (Wildman–Crippen LogP) is 2.44. The fourth-order valence-corrected chi connectivity index (χ4v) is 2.69. The Kier molecular flexibility index (Phi) is 4.80. The molecular formula is C19H19N5O3. The Bertz CT molecular complexity index is 1030. The van der Waals surface area contributed by atoms with Gasteiger partial charge in [0.15, 0.2) is 0 Å². The fraction of sp³-hybridized carbons (Fsp3) is 0.105. The number of hydrogen-bond donors (Lipinski definition) is 5. The summed E-state index contributed by atoms with van der Waals surface area (Å²) < 4.78 is 1.66. The molecule has 3 aromatic rings. The third kappa shape index (κ3) is 3.74. The van der Waals surface area contributed by atoms with Gasteiger partial charge in [-0.1, -0.05) is 12.1 Å². The largest absolute Gasteiger partial charge is 0.507 e. The topological polar surface area (TPSA) is 137 Å². The standard InChI is InChI=1S/C19H19N5O3/c1-24-8-7-16(23-24)13-4-2-3-11(18(13)25)10-22-12-5-6-15(20)14(9-12)17(21)19(26)27/h2-9,21-22,25H,10,20H2,1H3,(H,26,27). The molecule has 1 aromatic heterocycles. The zero-order valence-electron chi connectivity index (χ0n) is 14.6. The van der Waals surface area contributed by atoms with Gasteiger partial charge in [0.05, 0.1) is 5.69 Å². The summed E-state index contributed by atoms with van der Waals surface area (Å²) >= 11 is 0. The van der Waals surface area contributed by atoms with Crippen molar-refractivity contribution in [2.45, 2.75) is 6.54 Å². The van der Waals surface area contributed by atoms with Crippen LogP contribution in [0.4, 0.5) is 11.4 Å². The van der Waals surface area contributed by atoms with Crippen LogP contribution in [0.1, 0.15) is 11.1 Å². The molecular weight excluding hydrogens is 346 g/mol. The van der Waals surface area contributed by atoms with E-state index >= 15 is 0 Å². The van der Waals surface area contributed by atoms with E-state index < -0.39 is 11.7 Å². The number of phenols is 1. The van der Waals surface area contributed by atoms with Gasteiger partial charge in [-0.25, -0.2) is 4.79 Å². The number of nitrogen functional groups attached to an aromatic ring is 1. The maximum atomic E-state index is 11.0. The molecule has 0 spiro atoms. The summed E-state index contributed by atoms with van der Waals surface area (Å²) in [7, 11) is 1.80. The molecule has 0 aliphatic rings. The minimum absolute atomic E-state index is 0.123. The fourth-order valence-electron chi connectivity index (χ4n) is 2.69. The summed E-state index contributed by atoms with van der Waals surface area (Å²) in [4.78, 5) is 11.0. The van der Waals surface area contributed by atoms with E-state index in [0.29, 0.717) is 29.1 Å². The maximum absolute atomic E-state index is 11.0. The molecule has 8 heteroatoms. The number of nitrogens with one attached hydrogen (secondary N) is 2. The molecule has 138 valence electrons. The maximum Gasteiger partial charge on any atom is 0.354 e. The van der Waals surface area contributed by atoms with Gasteiger partial charge in [0.25, 0.3) is 0 Å². The Labute approximate surface area is 155 Å². The number of nitrogens with zero attached hydrogens (tertiary/aromatic N) is 2. The second kappa shape index (κ2) is 7.20. The van der Waals surface area contributed by atoms with E-state index in [9.17, 15) is 9.90 Å². The van der Waals surface area contributed by atoms with Crippen LogP contribution in [-0.4, -0.2) is 31.7 Å². The number of carboxylic acid groups (broad SMARTS) is 1. The molecule has 0 fully saturated rings. The Morgan fingerprint density at radius 3 is 2.74 bits per heavy atom. The highest BCUT2D eigenvalue weighted by molar-refractivity contribution is 6.42. The molecule has 3 rings (SSSR count). The molecule has 0 saturated heterocycles. The number of para-hydroxylation sites is 1. The Morgan fingerprint density at radius 1 is 1.30 bits per heavy atom. The van der Waals surface area contributed by atoms with Crippen molar-refractivity contribution in [2.24, 2.45) is 7.05 Å². The number of benzene rings is 2. The molecule has 0 aliphatic carbocycles. The van der Waals surface area contributed by atoms with Gasteiger partial charge < -0.3 is 21.3 Å². The van der Waals surface area contributed by atoms with Crippen molar-refractivity contribution < 1.29 is 15.0 Å². The molecule has 0 unspecified atom stereocenters. The van der Waals surface area contributed by atoms with Gasteiger partial charge >= 0.3 is 5.97 Å². The summed E-state index contributed by atoms with van der Waals surface area (Å²) in [5.41, 5.74) is 8.09. The van der Waals surface area contributed by atoms with E-state index in [4.69, 9.17) is 16.2 Å². The van der Waals surface area contributed by atoms with Crippen LogP contribution in [0.3, 0.4) is 0 Å². The number of anilines is 2. The third-order valence-corrected chi connectivity index (χ3v) is 4.13. The average molecular weight is 365 g/mol. The van der Waals surface area contributed by atoms with E-state index in [1.807, 2.05) is 12.1 Å². The molecule has 2 aromatic carbocycles. The monoisotopic (exact) mass is 365 g/mol. The van der Waals surface area contributed by atoms with Crippen LogP contribution in [0, 0.1) is 5.41 Å². The number of aryl methyl sites for hydroxylation is 1. The highest BCUT2D eigenvalue weighted by Crippen LogP contribution is 2.31. The van der Waals surface area contributed by atoms with Crippen molar-refractivity contribution >= 4 is 23.1 Å². The molecule has 0 radical (unpaired) electrons. The SMILES string of the molecule is Cn1ccc(-c2cccc(CNc3ccc(N)c(C(=N)C(=O)O)c3)c2O)n1. The first-order chi connectivity index (χ1) is 12.9. The molecule has 8 nitrogen and oxygen atoms in total. The first-order valence-corrected chi connectivity index (χ1v) is 8.13. The minimum atomic E-state index is -1.35. The van der Waals surface area contributed by atoms with Gasteiger partial charge in [-0.2, -0.15) is 5.10 Å². The highest BCUT2D eigenvalue weighted by atomic mass is 16.4. The van der Waals surface area contributed by atoms with E-state index in [1.165, 1.54) is 6.07 Å². The van der Waals surface area contributed by atoms with Crippen molar-refractivity contribution in [1.82, 2.24) is 9.78 Å². The van der Waals surface area contributed by atoms with Gasteiger partial charge in [0, 0.05) is 47.9 Å². The van der Waals surface area contributed by atoms with E-state index in [0.717, 1.165) is 0 Å². The lowest BCUT2D eigenvalue weighted by molar-refractivity contribution is -0.129. The van der Waals surface area contributed by atoms with Gasteiger partial charge in [-0.05, 0) is 30.3 Å². The van der Waals surface area contributed by atoms with Gasteiger partial charge in [0.2, 0.25) is 0 Å². The molecule has 27 heavy (non-hydrogen) atoms. The molecule has 0 bridgehead atoms. The molecule has 6 N–H and O–H groups in total. The van der Waals surface area contributed by atoms with E-state index in [-0.39, 0.29) is 17.0 Å². The van der Waals surface area contributed by atoms with Crippen LogP contribution >= 0.6 is 0 Å². The summed E-state index contributed by atoms with van der Waals surface area (Å²) in [6.07, 6.45) is 1.80. The molecule has 0 amide bonds. The third-order valence-electron chi connectivity index (χ3n) is 4.13. The number of nitrogens with two attached hydrogens (primary N) is 1. The number of phenolic OH excluding ortho intramolecular Hbond substituents is 1. The summed E-state index contributed by atoms with van der Waals surface area (Å²) in [5.74, 6) is -1.22. The average Bonchev–Trinajstić information content (AvgIpc) is 3.07. The van der Waals surface area contributed by atoms with Crippen LogP contribution in [0.15, 0.2) is 48.7 Å². The van der Waals surface area contributed by atoms with Gasteiger partial charge in [-0.3, -0.25) is 10.1 Å². The zero-order chi connectivity index (χ0) is 19.6. The van der Waals surface area contributed by atoms with Gasteiger partial charge in [-0.15, -0.1) is 0 Å². The number of carboxylic acids is 1. The number of rotatable bonds is 6. The molecule has 0 saturated carbocycles. The van der Waals surface area contributed by atoms with Crippen LogP contribution in [0.5, 0.6) is 5.75 Å². The lowest BCUT2D eigenvalue weighted by atomic mass is 10.1. The summed E-state index contributed by atoms with van der Waals surface area (Å²) in [6, 6.07) is 12.0. The van der Waals surface area contributed by atoms with Crippen LogP contribution in [0.2, 0.25) is 0 Å². The number of aromatic hydroxyl groups is 1. The van der Waals surface area contributed by atoms with Crippen molar-refractivity contribution in [2.75, 3.05) is 11.1 Å². The van der Waals surface area contributed by atoms with Crippen molar-refractivity contribution in [3.05, 3.63) is 59.8 Å². The Balaban J connectivity index is 1.82. The van der Waals surface area contributed by atoms with E-state index in [2.05, 4.69) is 10.4 Å². The lowest BCUT2D eigenvalue weighted by Crippen LogP contribution is -2.15. The zero-order valence-corrected chi connectivity index (χ0v) is 14.6. The highest BCUT2D eigenvalue weighted by Gasteiger charge is 2.15.